The molecule has 2 aliphatic rings. The van der Waals surface area contributed by atoms with Crippen LogP contribution in [-0.2, 0) is 10.3 Å². The first-order valence-corrected chi connectivity index (χ1v) is 8.11. The smallest absolute Gasteiger partial charge is 0.162 e. The first kappa shape index (κ1) is 13.5. The average Bonchev–Trinajstić information content (AvgIpc) is 3.24. The minimum atomic E-state index is -0.308. The molecule has 1 aromatic heterocycles. The Balaban J connectivity index is 2.02. The summed E-state index contributed by atoms with van der Waals surface area (Å²) in [5.74, 6) is 2.44. The average molecular weight is 373 g/mol. The zero-order chi connectivity index (χ0) is 13.5. The lowest BCUT2D eigenvalue weighted by Gasteiger charge is -2.33. The van der Waals surface area contributed by atoms with E-state index in [9.17, 15) is 0 Å². The number of hydrogen-bond acceptors (Lipinski definition) is 4. The molecule has 3 rings (SSSR count). The van der Waals surface area contributed by atoms with E-state index in [1.54, 1.807) is 0 Å². The van der Waals surface area contributed by atoms with Crippen LogP contribution in [-0.4, -0.2) is 23.6 Å². The molecule has 0 amide bonds. The molecule has 0 radical (unpaired) electrons. The minimum Gasteiger partial charge on any atom is -0.372 e. The van der Waals surface area contributed by atoms with Crippen LogP contribution >= 0.6 is 22.6 Å². The van der Waals surface area contributed by atoms with Gasteiger partial charge in [0.25, 0.3) is 0 Å². The summed E-state index contributed by atoms with van der Waals surface area (Å²) < 4.78 is 7.16. The number of anilines is 1. The monoisotopic (exact) mass is 373 g/mol. The SMILES string of the molecule is CNc1nc(C2(C)CCCCO2)nc(C2CC2)c1I. The summed E-state index contributed by atoms with van der Waals surface area (Å²) in [6, 6.07) is 0. The Labute approximate surface area is 127 Å². The van der Waals surface area contributed by atoms with E-state index in [0.29, 0.717) is 5.92 Å². The number of nitrogens with one attached hydrogen (secondary N) is 1. The highest BCUT2D eigenvalue weighted by molar-refractivity contribution is 14.1. The first-order valence-electron chi connectivity index (χ1n) is 7.03. The molecule has 104 valence electrons. The second kappa shape index (κ2) is 5.16. The largest absolute Gasteiger partial charge is 0.372 e. The fraction of sp³-hybridized carbons (Fsp3) is 0.714. The number of hydrogen-bond donors (Lipinski definition) is 1. The van der Waals surface area contributed by atoms with Crippen LogP contribution in [0, 0.1) is 3.57 Å². The summed E-state index contributed by atoms with van der Waals surface area (Å²) in [6.07, 6.45) is 5.87. The number of halogens is 1. The molecule has 1 atom stereocenters. The van der Waals surface area contributed by atoms with Gasteiger partial charge in [0.15, 0.2) is 5.82 Å². The van der Waals surface area contributed by atoms with Crippen LogP contribution in [0.5, 0.6) is 0 Å². The molecule has 1 saturated carbocycles. The van der Waals surface area contributed by atoms with Crippen LogP contribution in [0.15, 0.2) is 0 Å². The molecule has 1 unspecified atom stereocenters. The molecular weight excluding hydrogens is 353 g/mol. The van der Waals surface area contributed by atoms with Crippen molar-refractivity contribution in [3.8, 4) is 0 Å². The van der Waals surface area contributed by atoms with Gasteiger partial charge in [0, 0.05) is 19.6 Å². The van der Waals surface area contributed by atoms with Crippen molar-refractivity contribution >= 4 is 28.4 Å². The molecular formula is C14H20IN3O. The molecule has 19 heavy (non-hydrogen) atoms. The van der Waals surface area contributed by atoms with Crippen LogP contribution in [0.1, 0.15) is 56.5 Å². The molecule has 2 heterocycles. The highest BCUT2D eigenvalue weighted by Crippen LogP contribution is 2.43. The van der Waals surface area contributed by atoms with Gasteiger partial charge < -0.3 is 10.1 Å². The predicted molar refractivity (Wildman–Crippen MR) is 83.4 cm³/mol. The summed E-state index contributed by atoms with van der Waals surface area (Å²) in [6.45, 7) is 2.95. The van der Waals surface area contributed by atoms with Gasteiger partial charge in [-0.15, -0.1) is 0 Å². The zero-order valence-electron chi connectivity index (χ0n) is 11.5. The molecule has 4 nitrogen and oxygen atoms in total. The van der Waals surface area contributed by atoms with E-state index in [1.807, 2.05) is 7.05 Å². The van der Waals surface area contributed by atoms with E-state index in [2.05, 4.69) is 34.8 Å². The van der Waals surface area contributed by atoms with Crippen molar-refractivity contribution < 1.29 is 4.74 Å². The third-order valence-corrected chi connectivity index (χ3v) is 5.08. The highest BCUT2D eigenvalue weighted by Gasteiger charge is 2.36. The van der Waals surface area contributed by atoms with Gasteiger partial charge in [0.05, 0.1) is 9.26 Å². The van der Waals surface area contributed by atoms with E-state index in [1.165, 1.54) is 28.5 Å². The first-order chi connectivity index (χ1) is 9.14. The minimum absolute atomic E-state index is 0.308. The van der Waals surface area contributed by atoms with Crippen LogP contribution in [0.4, 0.5) is 5.82 Å². The molecule has 0 spiro atoms. The van der Waals surface area contributed by atoms with Gasteiger partial charge in [-0.3, -0.25) is 0 Å². The van der Waals surface area contributed by atoms with Crippen LogP contribution in [0.3, 0.4) is 0 Å². The Kier molecular flexibility index (Phi) is 3.68. The normalized spacial score (nSPS) is 27.3. The maximum atomic E-state index is 5.99. The summed E-state index contributed by atoms with van der Waals surface area (Å²) in [7, 11) is 1.93. The van der Waals surface area contributed by atoms with Crippen molar-refractivity contribution in [2.75, 3.05) is 19.0 Å². The lowest BCUT2D eigenvalue weighted by atomic mass is 9.95. The van der Waals surface area contributed by atoms with Crippen LogP contribution in [0.25, 0.3) is 0 Å². The number of rotatable bonds is 3. The molecule has 1 aliphatic carbocycles. The molecule has 1 saturated heterocycles. The van der Waals surface area contributed by atoms with Crippen molar-refractivity contribution in [3.63, 3.8) is 0 Å². The van der Waals surface area contributed by atoms with E-state index >= 15 is 0 Å². The van der Waals surface area contributed by atoms with Crippen molar-refractivity contribution in [3.05, 3.63) is 15.1 Å². The fourth-order valence-corrected chi connectivity index (χ4v) is 3.56. The van der Waals surface area contributed by atoms with Crippen molar-refractivity contribution in [1.29, 1.82) is 0 Å². The lowest BCUT2D eigenvalue weighted by molar-refractivity contribution is -0.0761. The second-order valence-corrected chi connectivity index (χ2v) is 6.73. The summed E-state index contributed by atoms with van der Waals surface area (Å²) in [4.78, 5) is 9.56. The molecule has 0 aromatic carbocycles. The van der Waals surface area contributed by atoms with E-state index in [-0.39, 0.29) is 5.60 Å². The third kappa shape index (κ3) is 2.59. The van der Waals surface area contributed by atoms with Gasteiger partial charge in [-0.1, -0.05) is 0 Å². The standard InChI is InChI=1S/C14H20IN3O/c1-14(7-3-4-8-19-14)13-17-11(9-5-6-9)10(15)12(16-2)18-13/h9H,3-8H2,1-2H3,(H,16,17,18). The fourth-order valence-electron chi connectivity index (χ4n) is 2.60. The number of ether oxygens (including phenoxy) is 1. The molecule has 1 aromatic rings. The van der Waals surface area contributed by atoms with E-state index < -0.39 is 0 Å². The summed E-state index contributed by atoms with van der Waals surface area (Å²) >= 11 is 2.36. The van der Waals surface area contributed by atoms with Gasteiger partial charge in [0.2, 0.25) is 0 Å². The topological polar surface area (TPSA) is 47.0 Å². The maximum Gasteiger partial charge on any atom is 0.162 e. The van der Waals surface area contributed by atoms with Gasteiger partial charge in [0.1, 0.15) is 11.4 Å². The second-order valence-electron chi connectivity index (χ2n) is 5.66. The molecule has 1 N–H and O–H groups in total. The Morgan fingerprint density at radius 3 is 2.68 bits per heavy atom. The molecule has 5 heteroatoms. The van der Waals surface area contributed by atoms with Crippen molar-refractivity contribution in [2.24, 2.45) is 0 Å². The van der Waals surface area contributed by atoms with Crippen molar-refractivity contribution in [2.45, 2.75) is 50.5 Å². The van der Waals surface area contributed by atoms with Crippen molar-refractivity contribution in [1.82, 2.24) is 9.97 Å². The van der Waals surface area contributed by atoms with Gasteiger partial charge in [-0.25, -0.2) is 9.97 Å². The Bertz CT molecular complexity index is 482. The highest BCUT2D eigenvalue weighted by atomic mass is 127. The van der Waals surface area contributed by atoms with Gasteiger partial charge >= 0.3 is 0 Å². The molecule has 1 aliphatic heterocycles. The van der Waals surface area contributed by atoms with E-state index in [4.69, 9.17) is 14.7 Å². The number of aromatic nitrogens is 2. The van der Waals surface area contributed by atoms with Crippen LogP contribution < -0.4 is 5.32 Å². The van der Waals surface area contributed by atoms with E-state index in [0.717, 1.165) is 31.1 Å². The van der Waals surface area contributed by atoms with Gasteiger partial charge in [-0.2, -0.15) is 0 Å². The zero-order valence-corrected chi connectivity index (χ0v) is 13.7. The van der Waals surface area contributed by atoms with Crippen LogP contribution in [0.2, 0.25) is 0 Å². The molecule has 2 fully saturated rings. The summed E-state index contributed by atoms with van der Waals surface area (Å²) in [5, 5.41) is 3.20. The summed E-state index contributed by atoms with van der Waals surface area (Å²) in [5.41, 5.74) is 0.906. The molecule has 0 bridgehead atoms. The Morgan fingerprint density at radius 1 is 1.32 bits per heavy atom. The predicted octanol–water partition coefficient (Wildman–Crippen LogP) is 3.42. The number of nitrogens with zero attached hydrogens (tertiary/aromatic N) is 2. The lowest BCUT2D eigenvalue weighted by Crippen LogP contribution is -2.33. The Hall–Kier alpha value is -0.430. The van der Waals surface area contributed by atoms with Gasteiger partial charge in [-0.05, 0) is 61.6 Å². The third-order valence-electron chi connectivity index (χ3n) is 4.02. The Morgan fingerprint density at radius 2 is 2.11 bits per heavy atom. The maximum absolute atomic E-state index is 5.99. The quantitative estimate of drug-likeness (QED) is 0.825.